The second-order valence-electron chi connectivity index (χ2n) is 4.31. The average molecular weight is 229 g/mol. The first-order chi connectivity index (χ1) is 7.45. The minimum absolute atomic E-state index is 0.102. The molecule has 0 radical (unpaired) electrons. The van der Waals surface area contributed by atoms with E-state index >= 15 is 0 Å². The second kappa shape index (κ2) is 4.82. The highest BCUT2D eigenvalue weighted by atomic mass is 16.5. The molecule has 92 valence electrons. The fourth-order valence-corrected chi connectivity index (χ4v) is 2.03. The van der Waals surface area contributed by atoms with Gasteiger partial charge in [-0.15, -0.1) is 0 Å². The van der Waals surface area contributed by atoms with Crippen LogP contribution in [-0.4, -0.2) is 37.7 Å². The quantitative estimate of drug-likeness (QED) is 0.713. The van der Waals surface area contributed by atoms with E-state index < -0.39 is 11.5 Å². The van der Waals surface area contributed by atoms with Crippen LogP contribution in [0.25, 0.3) is 0 Å². The molecule has 0 aliphatic carbocycles. The van der Waals surface area contributed by atoms with Crippen LogP contribution in [0.5, 0.6) is 0 Å². The summed E-state index contributed by atoms with van der Waals surface area (Å²) in [4.78, 5) is 23.2. The molecule has 5 nitrogen and oxygen atoms in total. The molecule has 1 fully saturated rings. The van der Waals surface area contributed by atoms with Crippen LogP contribution in [0.3, 0.4) is 0 Å². The lowest BCUT2D eigenvalue weighted by Gasteiger charge is -2.24. The maximum Gasteiger partial charge on any atom is 0.323 e. The lowest BCUT2D eigenvalue weighted by molar-refractivity contribution is -0.152. The predicted molar refractivity (Wildman–Crippen MR) is 57.8 cm³/mol. The average Bonchev–Trinajstić information content (AvgIpc) is 2.56. The van der Waals surface area contributed by atoms with Crippen LogP contribution in [0.15, 0.2) is 0 Å². The Morgan fingerprint density at radius 3 is 2.62 bits per heavy atom. The van der Waals surface area contributed by atoms with Crippen molar-refractivity contribution in [3.8, 4) is 0 Å². The van der Waals surface area contributed by atoms with Crippen molar-refractivity contribution in [1.29, 1.82) is 0 Å². The zero-order valence-electron chi connectivity index (χ0n) is 10.2. The van der Waals surface area contributed by atoms with Crippen molar-refractivity contribution in [1.82, 2.24) is 5.32 Å². The number of carbonyl (C=O) groups is 2. The highest BCUT2D eigenvalue weighted by Crippen LogP contribution is 2.35. The van der Waals surface area contributed by atoms with Gasteiger partial charge in [0.15, 0.2) is 0 Å². The highest BCUT2D eigenvalue weighted by Gasteiger charge is 2.50. The van der Waals surface area contributed by atoms with Crippen LogP contribution in [0.1, 0.15) is 27.2 Å². The maximum atomic E-state index is 11.7. The van der Waals surface area contributed by atoms with Crippen LogP contribution in [0.2, 0.25) is 0 Å². The van der Waals surface area contributed by atoms with Gasteiger partial charge in [0.1, 0.15) is 6.04 Å². The summed E-state index contributed by atoms with van der Waals surface area (Å²) in [6, 6.07) is -0.520. The second-order valence-corrected chi connectivity index (χ2v) is 4.31. The SMILES string of the molecule is CCOC(=O)C1C[C@](C)(C(=O)OC)C(C)N1. The fourth-order valence-electron chi connectivity index (χ4n) is 2.03. The van der Waals surface area contributed by atoms with Crippen molar-refractivity contribution in [3.05, 3.63) is 0 Å². The van der Waals surface area contributed by atoms with E-state index in [1.807, 2.05) is 6.92 Å². The van der Waals surface area contributed by atoms with Crippen molar-refractivity contribution in [2.24, 2.45) is 5.41 Å². The van der Waals surface area contributed by atoms with E-state index in [-0.39, 0.29) is 18.0 Å². The molecule has 0 saturated carbocycles. The van der Waals surface area contributed by atoms with Gasteiger partial charge in [0, 0.05) is 6.04 Å². The Balaban J connectivity index is 2.73. The number of rotatable bonds is 3. The van der Waals surface area contributed by atoms with Crippen molar-refractivity contribution in [2.75, 3.05) is 13.7 Å². The van der Waals surface area contributed by atoms with E-state index in [1.165, 1.54) is 7.11 Å². The third kappa shape index (κ3) is 2.19. The summed E-state index contributed by atoms with van der Waals surface area (Å²) in [5.41, 5.74) is -0.661. The van der Waals surface area contributed by atoms with Crippen LogP contribution < -0.4 is 5.32 Å². The van der Waals surface area contributed by atoms with Gasteiger partial charge in [0.2, 0.25) is 0 Å². The number of ether oxygens (including phenoxy) is 2. The van der Waals surface area contributed by atoms with E-state index in [2.05, 4.69) is 5.32 Å². The van der Waals surface area contributed by atoms with Crippen LogP contribution in [0.4, 0.5) is 0 Å². The van der Waals surface area contributed by atoms with Gasteiger partial charge in [0.05, 0.1) is 19.1 Å². The highest BCUT2D eigenvalue weighted by molar-refractivity contribution is 5.82. The minimum Gasteiger partial charge on any atom is -0.469 e. The van der Waals surface area contributed by atoms with Crippen molar-refractivity contribution >= 4 is 11.9 Å². The lowest BCUT2D eigenvalue weighted by Crippen LogP contribution is -2.40. The smallest absolute Gasteiger partial charge is 0.323 e. The molecule has 5 heteroatoms. The molecular weight excluding hydrogens is 210 g/mol. The van der Waals surface area contributed by atoms with Gasteiger partial charge in [-0.2, -0.15) is 0 Å². The zero-order valence-corrected chi connectivity index (χ0v) is 10.2. The summed E-state index contributed by atoms with van der Waals surface area (Å²) in [6.45, 7) is 5.78. The third-order valence-electron chi connectivity index (χ3n) is 3.26. The molecule has 0 aromatic heterocycles. The third-order valence-corrected chi connectivity index (χ3v) is 3.26. The molecule has 0 bridgehead atoms. The Bertz CT molecular complexity index is 292. The Morgan fingerprint density at radius 2 is 2.12 bits per heavy atom. The largest absolute Gasteiger partial charge is 0.469 e. The van der Waals surface area contributed by atoms with E-state index in [0.717, 1.165) is 0 Å². The number of hydrogen-bond donors (Lipinski definition) is 1. The van der Waals surface area contributed by atoms with Crippen molar-refractivity contribution < 1.29 is 19.1 Å². The molecule has 1 N–H and O–H groups in total. The maximum absolute atomic E-state index is 11.7. The molecule has 1 rings (SSSR count). The summed E-state index contributed by atoms with van der Waals surface area (Å²) in [7, 11) is 1.36. The minimum atomic E-state index is -0.661. The van der Waals surface area contributed by atoms with Gasteiger partial charge in [-0.05, 0) is 27.2 Å². The molecule has 2 unspecified atom stereocenters. The molecule has 0 spiro atoms. The van der Waals surface area contributed by atoms with Crippen LogP contribution >= 0.6 is 0 Å². The van der Waals surface area contributed by atoms with Gasteiger partial charge < -0.3 is 14.8 Å². The first-order valence-electron chi connectivity index (χ1n) is 5.46. The molecule has 3 atom stereocenters. The van der Waals surface area contributed by atoms with Gasteiger partial charge in [-0.1, -0.05) is 0 Å². The summed E-state index contributed by atoms with van der Waals surface area (Å²) >= 11 is 0. The molecule has 0 aromatic carbocycles. The molecule has 0 amide bonds. The normalized spacial score (nSPS) is 33.5. The number of esters is 2. The first kappa shape index (κ1) is 13.0. The number of hydrogen-bond acceptors (Lipinski definition) is 5. The van der Waals surface area contributed by atoms with E-state index in [1.54, 1.807) is 13.8 Å². The fraction of sp³-hybridized carbons (Fsp3) is 0.818. The molecule has 1 heterocycles. The summed E-state index contributed by atoms with van der Waals surface area (Å²) in [5.74, 6) is -0.596. The topological polar surface area (TPSA) is 64.6 Å². The van der Waals surface area contributed by atoms with Crippen LogP contribution in [0, 0.1) is 5.41 Å². The number of nitrogens with one attached hydrogen (secondary N) is 1. The monoisotopic (exact) mass is 229 g/mol. The van der Waals surface area contributed by atoms with Gasteiger partial charge >= 0.3 is 11.9 Å². The Morgan fingerprint density at radius 1 is 1.50 bits per heavy atom. The van der Waals surface area contributed by atoms with Crippen LogP contribution in [-0.2, 0) is 19.1 Å². The molecular formula is C11H19NO4. The molecule has 1 aliphatic heterocycles. The van der Waals surface area contributed by atoms with E-state index in [0.29, 0.717) is 13.0 Å². The molecule has 1 aliphatic rings. The molecule has 0 aromatic rings. The molecule has 16 heavy (non-hydrogen) atoms. The Hall–Kier alpha value is -1.10. The zero-order chi connectivity index (χ0) is 12.3. The Kier molecular flexibility index (Phi) is 3.91. The summed E-state index contributed by atoms with van der Waals surface area (Å²) in [5, 5.41) is 3.07. The number of carbonyl (C=O) groups excluding carboxylic acids is 2. The van der Waals surface area contributed by atoms with Crippen molar-refractivity contribution in [2.45, 2.75) is 39.3 Å². The summed E-state index contributed by atoms with van der Waals surface area (Å²) < 4.78 is 9.69. The lowest BCUT2D eigenvalue weighted by atomic mass is 9.82. The standard InChI is InChI=1S/C11H19NO4/c1-5-16-9(13)8-6-11(3,7(2)12-8)10(14)15-4/h7-8,12H,5-6H2,1-4H3/t7?,8?,11-/m0/s1. The van der Waals surface area contributed by atoms with Gasteiger partial charge in [-0.25, -0.2) is 0 Å². The van der Waals surface area contributed by atoms with Crippen molar-refractivity contribution in [3.63, 3.8) is 0 Å². The summed E-state index contributed by atoms with van der Waals surface area (Å²) in [6.07, 6.45) is 0.416. The van der Waals surface area contributed by atoms with E-state index in [9.17, 15) is 9.59 Å². The van der Waals surface area contributed by atoms with Gasteiger partial charge in [-0.3, -0.25) is 9.59 Å². The predicted octanol–water partition coefficient (Wildman–Crippen LogP) is 0.479. The first-order valence-corrected chi connectivity index (χ1v) is 5.46. The van der Waals surface area contributed by atoms with E-state index in [4.69, 9.17) is 9.47 Å². The van der Waals surface area contributed by atoms with Gasteiger partial charge in [0.25, 0.3) is 0 Å². The Labute approximate surface area is 95.5 Å². The number of methoxy groups -OCH3 is 1. The molecule has 1 saturated heterocycles.